The van der Waals surface area contributed by atoms with E-state index < -0.39 is 0 Å². The van der Waals surface area contributed by atoms with Gasteiger partial charge in [0.25, 0.3) is 0 Å². The predicted octanol–water partition coefficient (Wildman–Crippen LogP) is 0.900. The molecule has 0 aliphatic carbocycles. The summed E-state index contributed by atoms with van der Waals surface area (Å²) in [5.74, 6) is 0.896. The van der Waals surface area contributed by atoms with Crippen LogP contribution in [0.1, 0.15) is 6.42 Å². The Morgan fingerprint density at radius 2 is 2.50 bits per heavy atom. The zero-order valence-electron chi connectivity index (χ0n) is 6.73. The Hall–Kier alpha value is -0.970. The van der Waals surface area contributed by atoms with Crippen LogP contribution in [0.25, 0.3) is 0 Å². The molecule has 1 rings (SSSR count). The second-order valence-corrected chi connectivity index (χ2v) is 3.50. The molecular formula is C7H12N4S. The molecule has 1 heterocycles. The first kappa shape index (κ1) is 9.12. The lowest BCUT2D eigenvalue weighted by Gasteiger charge is -2.00. The number of nitrogens with one attached hydrogen (secondary N) is 1. The third-order valence-electron chi connectivity index (χ3n) is 1.38. The Morgan fingerprint density at radius 3 is 3.08 bits per heavy atom. The standard InChI is InChI=1S/C7H12N4S/c8-7(9)12-5-1-3-11-4-2-10-6-11/h2,4,6H,1,3,5H2,(H3,8,9). The number of thioether (sulfide) groups is 1. The maximum absolute atomic E-state index is 6.97. The SMILES string of the molecule is N=C(N)SCCCn1ccnc1. The van der Waals surface area contributed by atoms with Gasteiger partial charge in [-0.1, -0.05) is 11.8 Å². The van der Waals surface area contributed by atoms with E-state index in [1.165, 1.54) is 11.8 Å². The number of rotatable bonds is 4. The number of nitrogens with two attached hydrogens (primary N) is 1. The fourth-order valence-electron chi connectivity index (χ4n) is 0.848. The highest BCUT2D eigenvalue weighted by Crippen LogP contribution is 2.01. The normalized spacial score (nSPS) is 10.0. The van der Waals surface area contributed by atoms with Crippen LogP contribution in [0.3, 0.4) is 0 Å². The van der Waals surface area contributed by atoms with Crippen molar-refractivity contribution in [2.24, 2.45) is 5.73 Å². The van der Waals surface area contributed by atoms with E-state index >= 15 is 0 Å². The first-order chi connectivity index (χ1) is 5.79. The molecule has 0 saturated carbocycles. The summed E-state index contributed by atoms with van der Waals surface area (Å²) in [5.41, 5.74) is 5.18. The molecule has 0 bridgehead atoms. The Morgan fingerprint density at radius 1 is 1.67 bits per heavy atom. The van der Waals surface area contributed by atoms with Gasteiger partial charge in [0.05, 0.1) is 6.33 Å². The minimum absolute atomic E-state index is 0.195. The van der Waals surface area contributed by atoms with Crippen molar-refractivity contribution in [2.45, 2.75) is 13.0 Å². The molecule has 5 heteroatoms. The number of amidine groups is 1. The van der Waals surface area contributed by atoms with E-state index in [0.717, 1.165) is 18.7 Å². The molecule has 0 aliphatic rings. The van der Waals surface area contributed by atoms with Gasteiger partial charge in [-0.25, -0.2) is 4.98 Å². The van der Waals surface area contributed by atoms with Crippen molar-refractivity contribution in [2.75, 3.05) is 5.75 Å². The summed E-state index contributed by atoms with van der Waals surface area (Å²) in [7, 11) is 0. The molecule has 0 spiro atoms. The maximum Gasteiger partial charge on any atom is 0.151 e. The van der Waals surface area contributed by atoms with Crippen LogP contribution < -0.4 is 5.73 Å². The van der Waals surface area contributed by atoms with Crippen LogP contribution in [-0.4, -0.2) is 20.5 Å². The third kappa shape index (κ3) is 3.43. The molecule has 0 aromatic carbocycles. The molecule has 0 radical (unpaired) electrons. The van der Waals surface area contributed by atoms with Crippen LogP contribution in [-0.2, 0) is 6.54 Å². The molecule has 1 aromatic heterocycles. The quantitative estimate of drug-likeness (QED) is 0.415. The number of aryl methyl sites for hydroxylation is 1. The van der Waals surface area contributed by atoms with Crippen LogP contribution in [0.4, 0.5) is 0 Å². The highest BCUT2D eigenvalue weighted by atomic mass is 32.2. The number of hydrogen-bond donors (Lipinski definition) is 2. The van der Waals surface area contributed by atoms with Gasteiger partial charge in [0, 0.05) is 24.7 Å². The zero-order chi connectivity index (χ0) is 8.81. The van der Waals surface area contributed by atoms with E-state index in [0.29, 0.717) is 0 Å². The van der Waals surface area contributed by atoms with E-state index in [9.17, 15) is 0 Å². The van der Waals surface area contributed by atoms with E-state index in [1.807, 2.05) is 10.8 Å². The molecule has 0 aliphatic heterocycles. The Bertz CT molecular complexity index is 232. The van der Waals surface area contributed by atoms with Crippen molar-refractivity contribution in [1.82, 2.24) is 9.55 Å². The van der Waals surface area contributed by atoms with Gasteiger partial charge in [-0.15, -0.1) is 0 Å². The van der Waals surface area contributed by atoms with Gasteiger partial charge < -0.3 is 10.3 Å². The summed E-state index contributed by atoms with van der Waals surface area (Å²) >= 11 is 1.38. The van der Waals surface area contributed by atoms with Crippen molar-refractivity contribution in [3.8, 4) is 0 Å². The molecule has 0 amide bonds. The molecule has 12 heavy (non-hydrogen) atoms. The van der Waals surface area contributed by atoms with Crippen molar-refractivity contribution >= 4 is 16.9 Å². The summed E-state index contributed by atoms with van der Waals surface area (Å²) < 4.78 is 2.01. The average Bonchev–Trinajstić information content (AvgIpc) is 2.49. The van der Waals surface area contributed by atoms with E-state index in [-0.39, 0.29) is 5.17 Å². The van der Waals surface area contributed by atoms with Gasteiger partial charge >= 0.3 is 0 Å². The average molecular weight is 184 g/mol. The molecule has 0 atom stereocenters. The summed E-state index contributed by atoms with van der Waals surface area (Å²) in [6.07, 6.45) is 6.50. The van der Waals surface area contributed by atoms with Crippen LogP contribution in [0.15, 0.2) is 18.7 Å². The Balaban J connectivity index is 2.07. The molecule has 3 N–H and O–H groups in total. The van der Waals surface area contributed by atoms with Crippen molar-refractivity contribution in [1.29, 1.82) is 5.41 Å². The number of aromatic nitrogens is 2. The Kier molecular flexibility index (Phi) is 3.66. The maximum atomic E-state index is 6.97. The Labute approximate surface area is 75.7 Å². The molecule has 66 valence electrons. The van der Waals surface area contributed by atoms with Crippen LogP contribution >= 0.6 is 11.8 Å². The molecular weight excluding hydrogens is 172 g/mol. The third-order valence-corrected chi connectivity index (χ3v) is 2.18. The monoisotopic (exact) mass is 184 g/mol. The molecule has 0 fully saturated rings. The second kappa shape index (κ2) is 4.82. The topological polar surface area (TPSA) is 67.7 Å². The number of imidazole rings is 1. The second-order valence-electron chi connectivity index (χ2n) is 2.37. The molecule has 0 unspecified atom stereocenters. The highest BCUT2D eigenvalue weighted by Gasteiger charge is 1.92. The van der Waals surface area contributed by atoms with Crippen molar-refractivity contribution < 1.29 is 0 Å². The van der Waals surface area contributed by atoms with Gasteiger partial charge in [0.2, 0.25) is 0 Å². The van der Waals surface area contributed by atoms with Gasteiger partial charge in [-0.2, -0.15) is 0 Å². The summed E-state index contributed by atoms with van der Waals surface area (Å²) in [6, 6.07) is 0. The minimum atomic E-state index is 0.195. The first-order valence-electron chi connectivity index (χ1n) is 3.71. The zero-order valence-corrected chi connectivity index (χ0v) is 7.55. The largest absolute Gasteiger partial charge is 0.379 e. The summed E-state index contributed by atoms with van der Waals surface area (Å²) in [6.45, 7) is 0.945. The lowest BCUT2D eigenvalue weighted by Crippen LogP contribution is -2.05. The highest BCUT2D eigenvalue weighted by molar-refractivity contribution is 8.13. The molecule has 4 nitrogen and oxygen atoms in total. The van der Waals surface area contributed by atoms with Crippen LogP contribution in [0, 0.1) is 5.41 Å². The summed E-state index contributed by atoms with van der Waals surface area (Å²) in [4.78, 5) is 3.93. The van der Waals surface area contributed by atoms with Gasteiger partial charge in [-0.05, 0) is 6.42 Å². The smallest absolute Gasteiger partial charge is 0.151 e. The minimum Gasteiger partial charge on any atom is -0.379 e. The van der Waals surface area contributed by atoms with E-state index in [2.05, 4.69) is 4.98 Å². The van der Waals surface area contributed by atoms with Crippen molar-refractivity contribution in [3.63, 3.8) is 0 Å². The van der Waals surface area contributed by atoms with Crippen LogP contribution in [0.5, 0.6) is 0 Å². The van der Waals surface area contributed by atoms with E-state index in [1.54, 1.807) is 12.5 Å². The van der Waals surface area contributed by atoms with Gasteiger partial charge in [-0.3, -0.25) is 5.41 Å². The van der Waals surface area contributed by atoms with Gasteiger partial charge in [0.1, 0.15) is 0 Å². The number of hydrogen-bond acceptors (Lipinski definition) is 3. The number of nitrogens with zero attached hydrogens (tertiary/aromatic N) is 2. The van der Waals surface area contributed by atoms with Gasteiger partial charge in [0.15, 0.2) is 5.17 Å². The fraction of sp³-hybridized carbons (Fsp3) is 0.429. The lowest BCUT2D eigenvalue weighted by atomic mass is 10.5. The van der Waals surface area contributed by atoms with Crippen LogP contribution in [0.2, 0.25) is 0 Å². The molecule has 1 aromatic rings. The fourth-order valence-corrected chi connectivity index (χ4v) is 1.34. The van der Waals surface area contributed by atoms with E-state index in [4.69, 9.17) is 11.1 Å². The van der Waals surface area contributed by atoms with Crippen molar-refractivity contribution in [3.05, 3.63) is 18.7 Å². The molecule has 0 saturated heterocycles. The summed E-state index contributed by atoms with van der Waals surface area (Å²) in [5, 5.41) is 7.16. The lowest BCUT2D eigenvalue weighted by molar-refractivity contribution is 0.684. The predicted molar refractivity (Wildman–Crippen MR) is 51.2 cm³/mol. The first-order valence-corrected chi connectivity index (χ1v) is 4.70.